The fourth-order valence-corrected chi connectivity index (χ4v) is 2.33. The van der Waals surface area contributed by atoms with Crippen molar-refractivity contribution >= 4 is 17.5 Å². The second-order valence-corrected chi connectivity index (χ2v) is 4.68. The minimum absolute atomic E-state index is 0.111. The summed E-state index contributed by atoms with van der Waals surface area (Å²) in [6, 6.07) is 0.985. The summed E-state index contributed by atoms with van der Waals surface area (Å²) < 4.78 is 0. The summed E-state index contributed by atoms with van der Waals surface area (Å²) in [7, 11) is 0. The summed E-state index contributed by atoms with van der Waals surface area (Å²) in [5, 5.41) is 22.7. The van der Waals surface area contributed by atoms with E-state index in [1.54, 1.807) is 0 Å². The highest BCUT2D eigenvalue weighted by Gasteiger charge is 2.20. The molecule has 0 saturated heterocycles. The first-order chi connectivity index (χ1) is 9.08. The molecule has 1 aromatic heterocycles. The van der Waals surface area contributed by atoms with Gasteiger partial charge in [-0.1, -0.05) is 12.8 Å². The molecule has 0 aliphatic heterocycles. The normalized spacial score (nSPS) is 15.4. The predicted molar refractivity (Wildman–Crippen MR) is 68.3 cm³/mol. The molecular formula is C12H15N3O4. The van der Waals surface area contributed by atoms with E-state index in [9.17, 15) is 14.9 Å². The van der Waals surface area contributed by atoms with Crippen molar-refractivity contribution in [1.82, 2.24) is 4.98 Å². The molecule has 1 aliphatic carbocycles. The predicted octanol–water partition coefficient (Wildman–Crippen LogP) is 2.29. The van der Waals surface area contributed by atoms with Gasteiger partial charge in [0.05, 0.1) is 17.3 Å². The topological polar surface area (TPSA) is 105 Å². The van der Waals surface area contributed by atoms with Crippen LogP contribution in [0.5, 0.6) is 0 Å². The Labute approximate surface area is 109 Å². The van der Waals surface area contributed by atoms with Crippen LogP contribution in [0.1, 0.15) is 36.0 Å². The van der Waals surface area contributed by atoms with Crippen molar-refractivity contribution in [2.24, 2.45) is 5.92 Å². The van der Waals surface area contributed by atoms with Crippen LogP contribution in [0.3, 0.4) is 0 Å². The van der Waals surface area contributed by atoms with Gasteiger partial charge in [0, 0.05) is 6.54 Å². The van der Waals surface area contributed by atoms with Gasteiger partial charge in [0.15, 0.2) is 6.20 Å². The molecule has 2 rings (SSSR count). The Morgan fingerprint density at radius 1 is 1.53 bits per heavy atom. The molecule has 1 aromatic rings. The molecule has 1 fully saturated rings. The Balaban J connectivity index is 2.14. The maximum atomic E-state index is 11.1. The Bertz CT molecular complexity index is 498. The number of nitrogens with zero attached hydrogens (tertiary/aromatic N) is 2. The number of carboxylic acid groups (broad SMARTS) is 1. The Morgan fingerprint density at radius 3 is 2.79 bits per heavy atom. The van der Waals surface area contributed by atoms with Crippen LogP contribution in [0.15, 0.2) is 12.3 Å². The average molecular weight is 265 g/mol. The number of aromatic nitrogens is 1. The molecule has 19 heavy (non-hydrogen) atoms. The monoisotopic (exact) mass is 265 g/mol. The molecule has 1 saturated carbocycles. The molecule has 0 bridgehead atoms. The number of rotatable bonds is 5. The van der Waals surface area contributed by atoms with Gasteiger partial charge in [0.25, 0.3) is 0 Å². The van der Waals surface area contributed by atoms with Crippen LogP contribution in [0, 0.1) is 16.0 Å². The number of anilines is 1. The summed E-state index contributed by atoms with van der Waals surface area (Å²) in [4.78, 5) is 24.6. The molecule has 7 nitrogen and oxygen atoms in total. The molecule has 0 amide bonds. The van der Waals surface area contributed by atoms with E-state index in [0.717, 1.165) is 18.9 Å². The molecule has 2 N–H and O–H groups in total. The lowest BCUT2D eigenvalue weighted by molar-refractivity contribution is -0.389. The van der Waals surface area contributed by atoms with E-state index in [1.807, 2.05) is 0 Å². The van der Waals surface area contributed by atoms with Crippen LogP contribution in [-0.4, -0.2) is 27.5 Å². The molecule has 0 spiro atoms. The largest absolute Gasteiger partial charge is 0.478 e. The highest BCUT2D eigenvalue weighted by atomic mass is 16.6. The van der Waals surface area contributed by atoms with Gasteiger partial charge in [-0.2, -0.15) is 0 Å². The van der Waals surface area contributed by atoms with Gasteiger partial charge in [-0.15, -0.1) is 0 Å². The van der Waals surface area contributed by atoms with E-state index < -0.39 is 16.7 Å². The van der Waals surface area contributed by atoms with Gasteiger partial charge in [0.2, 0.25) is 0 Å². The van der Waals surface area contributed by atoms with Crippen molar-refractivity contribution in [2.45, 2.75) is 25.7 Å². The van der Waals surface area contributed by atoms with Crippen LogP contribution in [0.25, 0.3) is 0 Å². The molecule has 0 aromatic carbocycles. The number of pyridine rings is 1. The lowest BCUT2D eigenvalue weighted by atomic mass is 10.1. The van der Waals surface area contributed by atoms with Gasteiger partial charge in [-0.05, 0) is 28.7 Å². The first kappa shape index (κ1) is 13.3. The van der Waals surface area contributed by atoms with Crippen LogP contribution in [0.2, 0.25) is 0 Å². The molecule has 1 heterocycles. The average Bonchev–Trinajstić information content (AvgIpc) is 2.89. The maximum Gasteiger partial charge on any atom is 0.364 e. The van der Waals surface area contributed by atoms with E-state index >= 15 is 0 Å². The number of hydrogen-bond donors (Lipinski definition) is 2. The van der Waals surface area contributed by atoms with Gasteiger partial charge in [-0.3, -0.25) is 0 Å². The fourth-order valence-electron chi connectivity index (χ4n) is 2.33. The summed E-state index contributed by atoms with van der Waals surface area (Å²) in [5.41, 5.74) is 0.227. The third-order valence-corrected chi connectivity index (χ3v) is 3.36. The van der Waals surface area contributed by atoms with Crippen molar-refractivity contribution in [3.8, 4) is 0 Å². The van der Waals surface area contributed by atoms with Gasteiger partial charge >= 0.3 is 11.8 Å². The van der Waals surface area contributed by atoms with Crippen LogP contribution < -0.4 is 5.32 Å². The zero-order chi connectivity index (χ0) is 13.8. The first-order valence-corrected chi connectivity index (χ1v) is 6.19. The Kier molecular flexibility index (Phi) is 3.94. The van der Waals surface area contributed by atoms with Crippen LogP contribution >= 0.6 is 0 Å². The number of nitrogens with one attached hydrogen (secondary N) is 1. The summed E-state index contributed by atoms with van der Waals surface area (Å²) >= 11 is 0. The van der Waals surface area contributed by atoms with Crippen molar-refractivity contribution < 1.29 is 14.8 Å². The minimum atomic E-state index is -1.19. The van der Waals surface area contributed by atoms with Crippen molar-refractivity contribution in [3.05, 3.63) is 27.9 Å². The summed E-state index contributed by atoms with van der Waals surface area (Å²) in [6.45, 7) is 0.680. The van der Waals surface area contributed by atoms with E-state index in [1.165, 1.54) is 19.0 Å². The van der Waals surface area contributed by atoms with Gasteiger partial charge in [-0.25, -0.2) is 4.79 Å². The fraction of sp³-hybridized carbons (Fsp3) is 0.500. The Morgan fingerprint density at radius 2 is 2.21 bits per heavy atom. The first-order valence-electron chi connectivity index (χ1n) is 6.19. The zero-order valence-corrected chi connectivity index (χ0v) is 10.3. The van der Waals surface area contributed by atoms with Crippen molar-refractivity contribution in [3.63, 3.8) is 0 Å². The zero-order valence-electron chi connectivity index (χ0n) is 10.3. The van der Waals surface area contributed by atoms with E-state index in [2.05, 4.69) is 10.3 Å². The number of carboxylic acids is 1. The van der Waals surface area contributed by atoms with Gasteiger partial charge in [0.1, 0.15) is 0 Å². The van der Waals surface area contributed by atoms with Gasteiger partial charge < -0.3 is 20.5 Å². The van der Waals surface area contributed by atoms with Crippen LogP contribution in [0.4, 0.5) is 11.5 Å². The number of hydrogen-bond acceptors (Lipinski definition) is 5. The summed E-state index contributed by atoms with van der Waals surface area (Å²) in [5.74, 6) is -1.11. The quantitative estimate of drug-likeness (QED) is 0.625. The van der Waals surface area contributed by atoms with E-state index in [-0.39, 0.29) is 5.56 Å². The maximum absolute atomic E-state index is 11.1. The standard InChI is InChI=1S/C12H15N3O4/c16-12(17)9-5-11(15(18)19)14-7-10(9)13-6-8-3-1-2-4-8/h5,7-8,13H,1-4,6H2,(H,16,17). The Hall–Kier alpha value is -2.18. The molecule has 0 atom stereocenters. The third kappa shape index (κ3) is 3.18. The third-order valence-electron chi connectivity index (χ3n) is 3.36. The van der Waals surface area contributed by atoms with Crippen molar-refractivity contribution in [1.29, 1.82) is 0 Å². The molecule has 102 valence electrons. The van der Waals surface area contributed by atoms with Crippen molar-refractivity contribution in [2.75, 3.05) is 11.9 Å². The molecule has 1 aliphatic rings. The second kappa shape index (κ2) is 5.64. The minimum Gasteiger partial charge on any atom is -0.478 e. The lowest BCUT2D eigenvalue weighted by Gasteiger charge is -2.12. The van der Waals surface area contributed by atoms with E-state index in [4.69, 9.17) is 5.11 Å². The van der Waals surface area contributed by atoms with Crippen LogP contribution in [-0.2, 0) is 0 Å². The summed E-state index contributed by atoms with van der Waals surface area (Å²) in [6.07, 6.45) is 5.90. The molecule has 7 heteroatoms. The molecule has 0 unspecified atom stereocenters. The number of carbonyl (C=O) groups is 1. The highest BCUT2D eigenvalue weighted by molar-refractivity contribution is 5.94. The lowest BCUT2D eigenvalue weighted by Crippen LogP contribution is -2.14. The second-order valence-electron chi connectivity index (χ2n) is 4.68. The number of nitro groups is 1. The SMILES string of the molecule is O=C(O)c1cc([N+](=O)[O-])ncc1NCC1CCCC1. The molecule has 0 radical (unpaired) electrons. The smallest absolute Gasteiger partial charge is 0.364 e. The van der Waals surface area contributed by atoms with E-state index in [0.29, 0.717) is 18.2 Å². The molecular weight excluding hydrogens is 250 g/mol. The highest BCUT2D eigenvalue weighted by Crippen LogP contribution is 2.26. The number of aromatic carboxylic acids is 1.